The van der Waals surface area contributed by atoms with E-state index in [0.717, 1.165) is 5.56 Å². The fourth-order valence-electron chi connectivity index (χ4n) is 1.85. The van der Waals surface area contributed by atoms with Crippen LogP contribution in [0.2, 0.25) is 0 Å². The summed E-state index contributed by atoms with van der Waals surface area (Å²) in [5, 5.41) is 3.90. The molecule has 0 amide bonds. The van der Waals surface area contributed by atoms with Gasteiger partial charge < -0.3 is 13.7 Å². The Morgan fingerprint density at radius 1 is 1.30 bits per heavy atom. The predicted molar refractivity (Wildman–Crippen MR) is 82.5 cm³/mol. The number of carbonyl (C=O) groups is 1. The van der Waals surface area contributed by atoms with E-state index in [0.29, 0.717) is 29.2 Å². The highest BCUT2D eigenvalue weighted by Crippen LogP contribution is 2.16. The van der Waals surface area contributed by atoms with Crippen molar-refractivity contribution in [3.8, 4) is 11.4 Å². The molecular formula is C15H12BrN3O4. The van der Waals surface area contributed by atoms with Crippen molar-refractivity contribution in [2.24, 2.45) is 0 Å². The van der Waals surface area contributed by atoms with Crippen LogP contribution in [0.15, 0.2) is 50.3 Å². The van der Waals surface area contributed by atoms with Gasteiger partial charge in [0.2, 0.25) is 17.5 Å². The number of hydrogen-bond acceptors (Lipinski definition) is 7. The minimum Gasteiger partial charge on any atom is -0.460 e. The molecule has 8 heteroatoms. The number of rotatable bonds is 6. The summed E-state index contributed by atoms with van der Waals surface area (Å²) in [5.74, 6) is 0.636. The zero-order valence-corrected chi connectivity index (χ0v) is 13.5. The lowest BCUT2D eigenvalue weighted by Gasteiger charge is -2.00. The molecule has 0 aromatic carbocycles. The predicted octanol–water partition coefficient (Wildman–Crippen LogP) is 3.28. The van der Waals surface area contributed by atoms with Crippen molar-refractivity contribution in [3.05, 3.63) is 53.0 Å². The van der Waals surface area contributed by atoms with Gasteiger partial charge >= 0.3 is 5.97 Å². The van der Waals surface area contributed by atoms with Crippen molar-refractivity contribution >= 4 is 21.9 Å². The molecular weight excluding hydrogens is 366 g/mol. The maximum atomic E-state index is 11.7. The van der Waals surface area contributed by atoms with Crippen LogP contribution in [0.3, 0.4) is 0 Å². The van der Waals surface area contributed by atoms with Gasteiger partial charge in [-0.05, 0) is 46.6 Å². The van der Waals surface area contributed by atoms with Crippen LogP contribution in [0.25, 0.3) is 11.4 Å². The second kappa shape index (κ2) is 7.19. The summed E-state index contributed by atoms with van der Waals surface area (Å²) < 4.78 is 15.9. The number of pyridine rings is 1. The van der Waals surface area contributed by atoms with Crippen LogP contribution in [0, 0.1) is 0 Å². The third kappa shape index (κ3) is 4.04. The lowest BCUT2D eigenvalue weighted by atomic mass is 10.3. The zero-order valence-electron chi connectivity index (χ0n) is 11.9. The number of ether oxygens (including phenoxy) is 1. The molecule has 0 fully saturated rings. The van der Waals surface area contributed by atoms with E-state index in [4.69, 9.17) is 13.7 Å². The summed E-state index contributed by atoms with van der Waals surface area (Å²) in [6, 6.07) is 6.84. The van der Waals surface area contributed by atoms with Crippen LogP contribution in [0.4, 0.5) is 0 Å². The van der Waals surface area contributed by atoms with Gasteiger partial charge in [-0.1, -0.05) is 5.16 Å². The van der Waals surface area contributed by atoms with Gasteiger partial charge in [-0.3, -0.25) is 4.98 Å². The first-order chi connectivity index (χ1) is 11.2. The molecule has 3 rings (SSSR count). The van der Waals surface area contributed by atoms with Gasteiger partial charge in [0.25, 0.3) is 0 Å². The highest BCUT2D eigenvalue weighted by Gasteiger charge is 2.12. The molecule has 7 nitrogen and oxygen atoms in total. The van der Waals surface area contributed by atoms with E-state index >= 15 is 0 Å². The van der Waals surface area contributed by atoms with Crippen LogP contribution in [-0.2, 0) is 11.2 Å². The highest BCUT2D eigenvalue weighted by atomic mass is 79.9. The van der Waals surface area contributed by atoms with Gasteiger partial charge in [0.1, 0.15) is 0 Å². The Hall–Kier alpha value is -2.48. The molecule has 3 aromatic rings. The van der Waals surface area contributed by atoms with Crippen LogP contribution < -0.4 is 0 Å². The zero-order chi connectivity index (χ0) is 16.1. The molecule has 0 unspecified atom stereocenters. The first kappa shape index (κ1) is 15.4. The molecule has 0 N–H and O–H groups in total. The molecule has 23 heavy (non-hydrogen) atoms. The fourth-order valence-corrected chi connectivity index (χ4v) is 2.16. The molecule has 0 aliphatic heterocycles. The molecule has 0 aliphatic rings. The molecule has 0 bridgehead atoms. The summed E-state index contributed by atoms with van der Waals surface area (Å²) in [6.07, 6.45) is 4.43. The maximum Gasteiger partial charge on any atom is 0.374 e. The maximum absolute atomic E-state index is 11.7. The Morgan fingerprint density at radius 3 is 2.96 bits per heavy atom. The standard InChI is InChI=1S/C15H12BrN3O4/c16-12-6-5-11(22-12)15(20)21-8-2-4-13-18-14(19-23-13)10-3-1-7-17-9-10/h1,3,5-7,9H,2,4,8H2. The summed E-state index contributed by atoms with van der Waals surface area (Å²) in [4.78, 5) is 19.9. The number of carbonyl (C=O) groups excluding carboxylic acids is 1. The minimum atomic E-state index is -0.503. The summed E-state index contributed by atoms with van der Waals surface area (Å²) in [7, 11) is 0. The quantitative estimate of drug-likeness (QED) is 0.480. The third-order valence-corrected chi connectivity index (χ3v) is 3.36. The molecule has 3 aromatic heterocycles. The second-order valence-electron chi connectivity index (χ2n) is 4.60. The number of hydrogen-bond donors (Lipinski definition) is 0. The largest absolute Gasteiger partial charge is 0.460 e. The van der Waals surface area contributed by atoms with Gasteiger partial charge in [-0.15, -0.1) is 0 Å². The average molecular weight is 378 g/mol. The molecule has 0 radical (unpaired) electrons. The van der Waals surface area contributed by atoms with E-state index < -0.39 is 5.97 Å². The summed E-state index contributed by atoms with van der Waals surface area (Å²) >= 11 is 3.13. The van der Waals surface area contributed by atoms with E-state index in [2.05, 4.69) is 31.1 Å². The molecule has 0 aliphatic carbocycles. The van der Waals surface area contributed by atoms with Crippen molar-refractivity contribution in [1.82, 2.24) is 15.1 Å². The topological polar surface area (TPSA) is 91.2 Å². The van der Waals surface area contributed by atoms with E-state index in [1.54, 1.807) is 30.6 Å². The Labute approximate surface area is 139 Å². The van der Waals surface area contributed by atoms with Crippen molar-refractivity contribution < 1.29 is 18.5 Å². The average Bonchev–Trinajstić information content (AvgIpc) is 3.21. The minimum absolute atomic E-state index is 0.161. The third-order valence-electron chi connectivity index (χ3n) is 2.93. The van der Waals surface area contributed by atoms with Crippen molar-refractivity contribution in [3.63, 3.8) is 0 Å². The second-order valence-corrected chi connectivity index (χ2v) is 5.38. The molecule has 0 saturated carbocycles. The van der Waals surface area contributed by atoms with Gasteiger partial charge in [-0.2, -0.15) is 4.98 Å². The van der Waals surface area contributed by atoms with E-state index in [9.17, 15) is 4.79 Å². The molecule has 0 atom stereocenters. The number of aromatic nitrogens is 3. The Kier molecular flexibility index (Phi) is 4.82. The first-order valence-electron chi connectivity index (χ1n) is 6.88. The Morgan fingerprint density at radius 2 is 2.22 bits per heavy atom. The Bertz CT molecular complexity index is 785. The number of halogens is 1. The summed E-state index contributed by atoms with van der Waals surface area (Å²) in [6.45, 7) is 0.238. The fraction of sp³-hybridized carbons (Fsp3) is 0.200. The van der Waals surface area contributed by atoms with Crippen molar-refractivity contribution in [1.29, 1.82) is 0 Å². The van der Waals surface area contributed by atoms with E-state index in [-0.39, 0.29) is 12.4 Å². The molecule has 3 heterocycles. The van der Waals surface area contributed by atoms with Gasteiger partial charge in [0, 0.05) is 24.4 Å². The Balaban J connectivity index is 1.46. The van der Waals surface area contributed by atoms with E-state index in [1.807, 2.05) is 6.07 Å². The van der Waals surface area contributed by atoms with Crippen LogP contribution in [0.5, 0.6) is 0 Å². The lowest BCUT2D eigenvalue weighted by Crippen LogP contribution is -2.06. The number of nitrogens with zero attached hydrogens (tertiary/aromatic N) is 3. The first-order valence-corrected chi connectivity index (χ1v) is 7.67. The van der Waals surface area contributed by atoms with Crippen LogP contribution >= 0.6 is 15.9 Å². The monoisotopic (exact) mass is 377 g/mol. The van der Waals surface area contributed by atoms with Gasteiger partial charge in [0.05, 0.1) is 6.61 Å². The van der Waals surface area contributed by atoms with Crippen molar-refractivity contribution in [2.75, 3.05) is 6.61 Å². The smallest absolute Gasteiger partial charge is 0.374 e. The van der Waals surface area contributed by atoms with Crippen LogP contribution in [-0.4, -0.2) is 27.7 Å². The van der Waals surface area contributed by atoms with Crippen LogP contribution in [0.1, 0.15) is 22.9 Å². The molecule has 0 spiro atoms. The normalized spacial score (nSPS) is 10.7. The van der Waals surface area contributed by atoms with E-state index in [1.165, 1.54) is 0 Å². The molecule has 0 saturated heterocycles. The lowest BCUT2D eigenvalue weighted by molar-refractivity contribution is 0.0460. The number of aryl methyl sites for hydroxylation is 1. The number of esters is 1. The summed E-state index contributed by atoms with van der Waals surface area (Å²) in [5.41, 5.74) is 0.789. The highest BCUT2D eigenvalue weighted by molar-refractivity contribution is 9.10. The number of furan rings is 1. The van der Waals surface area contributed by atoms with Gasteiger partial charge in [0.15, 0.2) is 4.67 Å². The van der Waals surface area contributed by atoms with Gasteiger partial charge in [-0.25, -0.2) is 4.79 Å². The molecule has 118 valence electrons. The van der Waals surface area contributed by atoms with Crippen molar-refractivity contribution in [2.45, 2.75) is 12.8 Å². The SMILES string of the molecule is O=C(OCCCc1nc(-c2cccnc2)no1)c1ccc(Br)o1.